The first-order valence-electron chi connectivity index (χ1n) is 16.0. The second-order valence-electron chi connectivity index (χ2n) is 11.9. The molecule has 0 spiro atoms. The normalized spacial score (nSPS) is 11.3. The number of benzene rings is 5. The van der Waals surface area contributed by atoms with E-state index >= 15 is 0 Å². The van der Waals surface area contributed by atoms with Gasteiger partial charge in [0.2, 0.25) is 0 Å². The van der Waals surface area contributed by atoms with Crippen LogP contribution in [0.5, 0.6) is 0 Å². The zero-order valence-corrected chi connectivity index (χ0v) is 26.0. The van der Waals surface area contributed by atoms with Gasteiger partial charge in [-0.15, -0.1) is 0 Å². The number of fused-ring (bicyclic) bond motifs is 4. The molecular formula is C44H28N4. The predicted octanol–water partition coefficient (Wildman–Crippen LogP) is 11.1. The molecule has 0 N–H and O–H groups in total. The lowest BCUT2D eigenvalue weighted by Crippen LogP contribution is -1.95. The van der Waals surface area contributed by atoms with Crippen molar-refractivity contribution in [2.75, 3.05) is 0 Å². The molecule has 4 aromatic heterocycles. The minimum absolute atomic E-state index is 0.797. The summed E-state index contributed by atoms with van der Waals surface area (Å²) in [5, 5.41) is 4.56. The first kappa shape index (κ1) is 27.8. The Kier molecular flexibility index (Phi) is 6.76. The van der Waals surface area contributed by atoms with E-state index in [1.54, 1.807) is 12.4 Å². The molecule has 4 heterocycles. The molecule has 0 amide bonds. The number of hydrogen-bond acceptors (Lipinski definition) is 4. The summed E-state index contributed by atoms with van der Waals surface area (Å²) in [4.78, 5) is 19.6. The van der Waals surface area contributed by atoms with Crippen LogP contribution in [0.25, 0.3) is 88.7 Å². The Morgan fingerprint density at radius 3 is 1.65 bits per heavy atom. The molecule has 4 heteroatoms. The average molecular weight is 613 g/mol. The van der Waals surface area contributed by atoms with Gasteiger partial charge in [-0.2, -0.15) is 0 Å². The van der Waals surface area contributed by atoms with Gasteiger partial charge in [-0.3, -0.25) is 9.97 Å². The lowest BCUT2D eigenvalue weighted by Gasteiger charge is -2.15. The SMILES string of the molecule is c1ccc(-c2ccc(-c3c4ccc(-c5cc(-c6ccccn6)nc(-c6ccccn6)c5)cc4nc4c3ccc3ccccc34)cc2)cc1. The molecule has 224 valence electrons. The first-order valence-corrected chi connectivity index (χ1v) is 16.0. The van der Waals surface area contributed by atoms with Gasteiger partial charge in [0.25, 0.3) is 0 Å². The fraction of sp³-hybridized carbons (Fsp3) is 0. The highest BCUT2D eigenvalue weighted by Gasteiger charge is 2.16. The van der Waals surface area contributed by atoms with E-state index in [4.69, 9.17) is 9.97 Å². The van der Waals surface area contributed by atoms with Crippen molar-refractivity contribution in [3.8, 4) is 56.2 Å². The summed E-state index contributed by atoms with van der Waals surface area (Å²) in [6.07, 6.45) is 3.60. The van der Waals surface area contributed by atoms with Gasteiger partial charge in [0.15, 0.2) is 0 Å². The number of rotatable bonds is 5. The van der Waals surface area contributed by atoms with Crippen molar-refractivity contribution in [3.63, 3.8) is 0 Å². The topological polar surface area (TPSA) is 51.6 Å². The summed E-state index contributed by atoms with van der Waals surface area (Å²) in [5.41, 5.74) is 12.0. The Morgan fingerprint density at radius 1 is 0.333 bits per heavy atom. The van der Waals surface area contributed by atoms with Crippen molar-refractivity contribution in [2.24, 2.45) is 0 Å². The molecule has 0 fully saturated rings. The van der Waals surface area contributed by atoms with Crippen LogP contribution in [0.3, 0.4) is 0 Å². The Balaban J connectivity index is 1.27. The zero-order valence-electron chi connectivity index (χ0n) is 26.0. The molecule has 0 saturated carbocycles. The molecule has 5 aromatic carbocycles. The first-order chi connectivity index (χ1) is 23.8. The van der Waals surface area contributed by atoms with Crippen LogP contribution >= 0.6 is 0 Å². The smallest absolute Gasteiger partial charge is 0.0900 e. The van der Waals surface area contributed by atoms with Gasteiger partial charge >= 0.3 is 0 Å². The quantitative estimate of drug-likeness (QED) is 0.143. The van der Waals surface area contributed by atoms with E-state index in [9.17, 15) is 0 Å². The van der Waals surface area contributed by atoms with Crippen LogP contribution in [-0.2, 0) is 0 Å². The molecule has 0 radical (unpaired) electrons. The number of pyridine rings is 4. The van der Waals surface area contributed by atoms with Gasteiger partial charge in [-0.25, -0.2) is 9.97 Å². The average Bonchev–Trinajstić information content (AvgIpc) is 3.17. The fourth-order valence-electron chi connectivity index (χ4n) is 6.62. The highest BCUT2D eigenvalue weighted by molar-refractivity contribution is 6.17. The maximum atomic E-state index is 5.36. The summed E-state index contributed by atoms with van der Waals surface area (Å²) in [6, 6.07) is 55.0. The predicted molar refractivity (Wildman–Crippen MR) is 197 cm³/mol. The molecule has 0 atom stereocenters. The fourth-order valence-corrected chi connectivity index (χ4v) is 6.62. The van der Waals surface area contributed by atoms with Gasteiger partial charge in [-0.1, -0.05) is 115 Å². The van der Waals surface area contributed by atoms with E-state index in [0.29, 0.717) is 0 Å². The van der Waals surface area contributed by atoms with Gasteiger partial charge < -0.3 is 0 Å². The molecule has 48 heavy (non-hydrogen) atoms. The number of aromatic nitrogens is 4. The van der Waals surface area contributed by atoms with Crippen molar-refractivity contribution in [1.82, 2.24) is 19.9 Å². The van der Waals surface area contributed by atoms with Crippen LogP contribution in [0.2, 0.25) is 0 Å². The minimum atomic E-state index is 0.797. The van der Waals surface area contributed by atoms with Gasteiger partial charge in [0.1, 0.15) is 0 Å². The summed E-state index contributed by atoms with van der Waals surface area (Å²) < 4.78 is 0. The van der Waals surface area contributed by atoms with Crippen molar-refractivity contribution in [3.05, 3.63) is 170 Å². The van der Waals surface area contributed by atoms with Crippen molar-refractivity contribution >= 4 is 32.6 Å². The van der Waals surface area contributed by atoms with E-state index < -0.39 is 0 Å². The number of nitrogens with zero attached hydrogens (tertiary/aromatic N) is 4. The molecule has 0 bridgehead atoms. The zero-order chi connectivity index (χ0) is 31.9. The van der Waals surface area contributed by atoms with Crippen molar-refractivity contribution in [2.45, 2.75) is 0 Å². The molecule has 0 aliphatic rings. The summed E-state index contributed by atoms with van der Waals surface area (Å²) in [5.74, 6) is 0. The molecule has 4 nitrogen and oxygen atoms in total. The Bertz CT molecular complexity index is 2520. The molecule has 0 aliphatic heterocycles. The molecular weight excluding hydrogens is 585 g/mol. The summed E-state index contributed by atoms with van der Waals surface area (Å²) in [6.45, 7) is 0. The molecule has 9 aromatic rings. The molecule has 9 rings (SSSR count). The van der Waals surface area contributed by atoms with Crippen LogP contribution < -0.4 is 0 Å². The van der Waals surface area contributed by atoms with Gasteiger partial charge in [0, 0.05) is 34.1 Å². The van der Waals surface area contributed by atoms with E-state index in [0.717, 1.165) is 66.7 Å². The minimum Gasteiger partial charge on any atom is -0.255 e. The van der Waals surface area contributed by atoms with Crippen LogP contribution in [0.1, 0.15) is 0 Å². The van der Waals surface area contributed by atoms with E-state index in [1.165, 1.54) is 22.1 Å². The maximum absolute atomic E-state index is 5.36. The molecule has 0 saturated heterocycles. The molecule has 0 aliphatic carbocycles. The van der Waals surface area contributed by atoms with Crippen molar-refractivity contribution in [1.29, 1.82) is 0 Å². The highest BCUT2D eigenvalue weighted by Crippen LogP contribution is 2.40. The largest absolute Gasteiger partial charge is 0.255 e. The third kappa shape index (κ3) is 4.97. The number of hydrogen-bond donors (Lipinski definition) is 0. The summed E-state index contributed by atoms with van der Waals surface area (Å²) >= 11 is 0. The lowest BCUT2D eigenvalue weighted by atomic mass is 9.91. The van der Waals surface area contributed by atoms with Crippen LogP contribution in [-0.4, -0.2) is 19.9 Å². The standard InChI is InChI=1S/C44H28N4/c1-2-10-29(11-3-1)30-16-18-32(19-17-30)43-36-22-21-33(26-40(36)48-44-35-13-5-4-12-31(35)20-23-37(43)44)34-27-41(38-14-6-8-24-45-38)47-42(28-34)39-15-7-9-25-46-39/h1-28H. The second-order valence-corrected chi connectivity index (χ2v) is 11.9. The van der Waals surface area contributed by atoms with E-state index in [2.05, 4.69) is 131 Å². The Morgan fingerprint density at radius 2 is 0.938 bits per heavy atom. The third-order valence-electron chi connectivity index (χ3n) is 8.96. The van der Waals surface area contributed by atoms with Crippen LogP contribution in [0, 0.1) is 0 Å². The maximum Gasteiger partial charge on any atom is 0.0900 e. The van der Waals surface area contributed by atoms with E-state index in [-0.39, 0.29) is 0 Å². The second kappa shape index (κ2) is 11.7. The van der Waals surface area contributed by atoms with E-state index in [1.807, 2.05) is 36.4 Å². The van der Waals surface area contributed by atoms with Crippen LogP contribution in [0.15, 0.2) is 170 Å². The Labute approximate surface area is 278 Å². The lowest BCUT2D eigenvalue weighted by molar-refractivity contribution is 1.22. The summed E-state index contributed by atoms with van der Waals surface area (Å²) in [7, 11) is 0. The van der Waals surface area contributed by atoms with Crippen molar-refractivity contribution < 1.29 is 0 Å². The third-order valence-corrected chi connectivity index (χ3v) is 8.96. The highest BCUT2D eigenvalue weighted by atomic mass is 14.8. The molecule has 0 unspecified atom stereocenters. The monoisotopic (exact) mass is 612 g/mol. The van der Waals surface area contributed by atoms with Gasteiger partial charge in [-0.05, 0) is 75.7 Å². The van der Waals surface area contributed by atoms with Gasteiger partial charge in [0.05, 0.1) is 33.8 Å². The van der Waals surface area contributed by atoms with Crippen LogP contribution in [0.4, 0.5) is 0 Å². The Hall–Kier alpha value is -6.52.